The number of para-hydroxylation sites is 1. The van der Waals surface area contributed by atoms with Gasteiger partial charge < -0.3 is 23.8 Å². The van der Waals surface area contributed by atoms with Crippen molar-refractivity contribution in [1.29, 1.82) is 0 Å². The van der Waals surface area contributed by atoms with Crippen LogP contribution in [0.2, 0.25) is 0 Å². The Balaban J connectivity index is 1.57. The number of carbonyl (C=O) groups is 2. The summed E-state index contributed by atoms with van der Waals surface area (Å²) < 4.78 is 50.1. The van der Waals surface area contributed by atoms with E-state index in [0.29, 0.717) is 34.8 Å². The van der Waals surface area contributed by atoms with Crippen LogP contribution in [0.25, 0.3) is 0 Å². The van der Waals surface area contributed by atoms with E-state index in [1.54, 1.807) is 36.4 Å². The number of halogens is 6. The van der Waals surface area contributed by atoms with Gasteiger partial charge in [0.25, 0.3) is 10.0 Å². The Kier molecular flexibility index (Phi) is 10.1. The lowest BCUT2D eigenvalue weighted by Crippen LogP contribution is -2.64. The number of carbonyl (C=O) groups excluding carboxylic acids is 2. The molecule has 0 spiro atoms. The minimum atomic E-state index is -4.29. The van der Waals surface area contributed by atoms with E-state index in [1.165, 1.54) is 23.5 Å². The van der Waals surface area contributed by atoms with Crippen LogP contribution in [0.1, 0.15) is 23.1 Å². The van der Waals surface area contributed by atoms with Crippen molar-refractivity contribution < 1.29 is 37.0 Å². The van der Waals surface area contributed by atoms with Crippen molar-refractivity contribution in [2.24, 2.45) is 0 Å². The summed E-state index contributed by atoms with van der Waals surface area (Å²) in [6, 6.07) is 16.7. The molecular weight excluding hydrogens is 813 g/mol. The molecule has 1 fully saturated rings. The lowest BCUT2D eigenvalue weighted by Gasteiger charge is -2.50. The second-order valence-electron chi connectivity index (χ2n) is 12.2. The summed E-state index contributed by atoms with van der Waals surface area (Å²) in [7, 11) is -1.08. The molecule has 3 aromatic rings. The highest BCUT2D eigenvalue weighted by Crippen LogP contribution is 2.68. The minimum Gasteiger partial charge on any atom is -0.494 e. The molecule has 3 aliphatic heterocycles. The highest BCUT2D eigenvalue weighted by Gasteiger charge is 2.73. The van der Waals surface area contributed by atoms with Crippen molar-refractivity contribution in [1.82, 2.24) is 10.3 Å². The molecule has 3 aromatic carbocycles. The Labute approximate surface area is 324 Å². The number of nitrogens with zero attached hydrogens (tertiary/aromatic N) is 3. The smallest absolute Gasteiger partial charge is 0.433 e. The van der Waals surface area contributed by atoms with E-state index >= 15 is 0 Å². The molecule has 0 unspecified atom stereocenters. The third-order valence-corrected chi connectivity index (χ3v) is 11.4. The van der Waals surface area contributed by atoms with E-state index in [9.17, 15) is 18.0 Å². The predicted molar refractivity (Wildman–Crippen MR) is 195 cm³/mol. The Hall–Kier alpha value is -2.75. The van der Waals surface area contributed by atoms with Crippen LogP contribution in [0.4, 0.5) is 21.0 Å². The number of anilines is 2. The molecule has 19 heteroatoms. The van der Waals surface area contributed by atoms with Gasteiger partial charge >= 0.3 is 12.2 Å². The molecule has 51 heavy (non-hydrogen) atoms. The number of hydrazine groups is 1. The number of fused-ring (bicyclic) bond motifs is 2. The summed E-state index contributed by atoms with van der Waals surface area (Å²) in [6.45, 7) is 1.20. The molecule has 3 heterocycles. The first kappa shape index (κ1) is 38.0. The first-order valence-corrected chi connectivity index (χ1v) is 18.9. The fourth-order valence-corrected chi connectivity index (χ4v) is 9.01. The van der Waals surface area contributed by atoms with Gasteiger partial charge in [0.05, 0.1) is 17.7 Å². The second kappa shape index (κ2) is 13.6. The molecule has 0 aliphatic carbocycles. The van der Waals surface area contributed by atoms with E-state index in [-0.39, 0.29) is 28.6 Å². The average Bonchev–Trinajstić information content (AvgIpc) is 3.48. The summed E-state index contributed by atoms with van der Waals surface area (Å²) in [4.78, 5) is 28.7. The summed E-state index contributed by atoms with van der Waals surface area (Å²) in [5.74, 6) is 0.304. The standard InChI is InChI=1S/C32H30Cl6N4O8S/c1-19-8-10-20(11-9-19)51(45,46)42-23-7-5-4-6-21(23)30-12-13-40(2)16-29(30,42)22-14-24(26(47-3)15-25(22)50-30)41(28(44)49-18-32(36,37)38)39-27(43)48-17-31(33,34)35/h4-11,14-15H,12-13,16-18H2,1-3H3,(H,39,43)/t29-,30-/m0/s1. The quantitative estimate of drug-likeness (QED) is 0.200. The maximum absolute atomic E-state index is 14.9. The number of methoxy groups -OCH3 is 1. The molecule has 1 N–H and O–H groups in total. The van der Waals surface area contributed by atoms with Gasteiger partial charge in [0.1, 0.15) is 35.9 Å². The van der Waals surface area contributed by atoms with Crippen LogP contribution in [0, 0.1) is 6.92 Å². The largest absolute Gasteiger partial charge is 0.494 e. The van der Waals surface area contributed by atoms with Gasteiger partial charge in [-0.25, -0.2) is 27.7 Å². The van der Waals surface area contributed by atoms with Crippen LogP contribution < -0.4 is 24.2 Å². The number of amides is 2. The Morgan fingerprint density at radius 1 is 0.961 bits per heavy atom. The highest BCUT2D eigenvalue weighted by atomic mass is 35.6. The number of aryl methyl sites for hydroxylation is 1. The summed E-state index contributed by atoms with van der Waals surface area (Å²) >= 11 is 34.8. The number of piperidine rings is 1. The number of likely N-dealkylation sites (N-methyl/N-ethyl adjacent to an activating group) is 1. The van der Waals surface area contributed by atoms with Crippen LogP contribution in [-0.2, 0) is 30.6 Å². The van der Waals surface area contributed by atoms with Crippen molar-refractivity contribution in [3.05, 3.63) is 77.4 Å². The number of likely N-dealkylation sites (tertiary alicyclic amines) is 1. The number of sulfonamides is 1. The van der Waals surface area contributed by atoms with Crippen LogP contribution in [0.5, 0.6) is 11.5 Å². The molecule has 2 amide bonds. The number of alkyl halides is 6. The minimum absolute atomic E-state index is 0.0142. The van der Waals surface area contributed by atoms with Gasteiger partial charge in [-0.05, 0) is 38.2 Å². The van der Waals surface area contributed by atoms with Crippen LogP contribution >= 0.6 is 69.6 Å². The zero-order chi connectivity index (χ0) is 37.1. The number of benzene rings is 3. The predicted octanol–water partition coefficient (Wildman–Crippen LogP) is 7.36. The summed E-state index contributed by atoms with van der Waals surface area (Å²) in [6.07, 6.45) is -2.07. The molecular formula is C32H30Cl6N4O8S. The molecule has 0 saturated carbocycles. The third-order valence-electron chi connectivity index (χ3n) is 8.84. The number of hydrogen-bond donors (Lipinski definition) is 1. The lowest BCUT2D eigenvalue weighted by atomic mass is 9.71. The van der Waals surface area contributed by atoms with Gasteiger partial charge in [-0.2, -0.15) is 5.01 Å². The van der Waals surface area contributed by atoms with Gasteiger partial charge in [-0.3, -0.25) is 0 Å². The van der Waals surface area contributed by atoms with E-state index < -0.39 is 54.1 Å². The molecule has 3 aliphatic rings. The van der Waals surface area contributed by atoms with E-state index in [1.807, 2.05) is 31.0 Å². The van der Waals surface area contributed by atoms with Crippen LogP contribution in [0.15, 0.2) is 65.6 Å². The molecule has 2 atom stereocenters. The topological polar surface area (TPSA) is 127 Å². The van der Waals surface area contributed by atoms with Crippen molar-refractivity contribution in [3.63, 3.8) is 0 Å². The highest BCUT2D eigenvalue weighted by molar-refractivity contribution is 7.93. The number of rotatable bonds is 6. The number of nitrogens with one attached hydrogen (secondary N) is 1. The number of ether oxygens (including phenoxy) is 4. The van der Waals surface area contributed by atoms with E-state index in [4.69, 9.17) is 88.6 Å². The van der Waals surface area contributed by atoms with Crippen molar-refractivity contribution in [2.75, 3.05) is 49.8 Å². The van der Waals surface area contributed by atoms with Gasteiger partial charge in [0.15, 0.2) is 5.60 Å². The maximum Gasteiger partial charge on any atom is 0.433 e. The zero-order valence-electron chi connectivity index (χ0n) is 27.1. The third kappa shape index (κ3) is 6.80. The van der Waals surface area contributed by atoms with Crippen LogP contribution in [0.3, 0.4) is 0 Å². The monoisotopic (exact) mass is 840 g/mol. The molecule has 6 rings (SSSR count). The Morgan fingerprint density at radius 2 is 1.61 bits per heavy atom. The molecule has 274 valence electrons. The fraction of sp³-hybridized carbons (Fsp3) is 0.375. The van der Waals surface area contributed by atoms with E-state index in [2.05, 4.69) is 5.43 Å². The SMILES string of the molecule is COc1cc2c(cc1N(NC(=O)OCC(Cl)(Cl)Cl)C(=O)OCC(Cl)(Cl)Cl)[C@@]13CN(C)CC[C@]1(O2)c1ccccc1N3S(=O)(=O)c1ccc(C)cc1. The number of hydrogen-bond acceptors (Lipinski definition) is 9. The molecule has 0 bridgehead atoms. The second-order valence-corrected chi connectivity index (χ2v) is 19.0. The normalized spacial score (nSPS) is 21.1. The van der Waals surface area contributed by atoms with Crippen LogP contribution in [-0.4, -0.2) is 73.6 Å². The first-order valence-electron chi connectivity index (χ1n) is 15.2. The molecule has 1 saturated heterocycles. The summed E-state index contributed by atoms with van der Waals surface area (Å²) in [5.41, 5.74) is 1.86. The fourth-order valence-electron chi connectivity index (χ4n) is 6.86. The maximum atomic E-state index is 14.9. The van der Waals surface area contributed by atoms with Gasteiger partial charge in [0, 0.05) is 36.7 Å². The van der Waals surface area contributed by atoms with Crippen molar-refractivity contribution in [2.45, 2.75) is 37.0 Å². The lowest BCUT2D eigenvalue weighted by molar-refractivity contribution is -0.0311. The molecule has 0 radical (unpaired) electrons. The van der Waals surface area contributed by atoms with Gasteiger partial charge in [-0.15, -0.1) is 0 Å². The first-order chi connectivity index (χ1) is 23.8. The zero-order valence-corrected chi connectivity index (χ0v) is 32.4. The molecule has 0 aromatic heterocycles. The van der Waals surface area contributed by atoms with Gasteiger partial charge in [-0.1, -0.05) is 106 Å². The average molecular weight is 843 g/mol. The Bertz CT molecular complexity index is 1980. The van der Waals surface area contributed by atoms with E-state index in [0.717, 1.165) is 5.56 Å². The van der Waals surface area contributed by atoms with Gasteiger partial charge in [0.2, 0.25) is 7.59 Å². The molecule has 12 nitrogen and oxygen atoms in total. The van der Waals surface area contributed by atoms with Crippen molar-refractivity contribution >= 4 is 103 Å². The van der Waals surface area contributed by atoms with Crippen molar-refractivity contribution in [3.8, 4) is 11.5 Å². The summed E-state index contributed by atoms with van der Waals surface area (Å²) in [5, 5.41) is 0.653. The Morgan fingerprint density at radius 3 is 2.25 bits per heavy atom.